The average Bonchev–Trinajstić information content (AvgIpc) is 2.47. The highest BCUT2D eigenvalue weighted by atomic mass is 32.2. The van der Waals surface area contributed by atoms with E-state index >= 15 is 0 Å². The Balaban J connectivity index is 2.34. The van der Waals surface area contributed by atoms with E-state index in [4.69, 9.17) is 9.47 Å². The number of methoxy groups -OCH3 is 2. The number of hydrogen-bond donors (Lipinski definition) is 1. The molecule has 1 N–H and O–H groups in total. The molecule has 2 rings (SSSR count). The molecule has 8 nitrogen and oxygen atoms in total. The van der Waals surface area contributed by atoms with Gasteiger partial charge >= 0.3 is 12.0 Å². The summed E-state index contributed by atoms with van der Waals surface area (Å²) < 4.78 is 36.1. The van der Waals surface area contributed by atoms with Gasteiger partial charge in [0, 0.05) is 0 Å². The summed E-state index contributed by atoms with van der Waals surface area (Å²) >= 11 is 0. The van der Waals surface area contributed by atoms with Crippen LogP contribution in [0.2, 0.25) is 0 Å². The van der Waals surface area contributed by atoms with E-state index in [1.54, 1.807) is 18.2 Å². The van der Waals surface area contributed by atoms with E-state index in [1.165, 1.54) is 26.4 Å². The minimum Gasteiger partial charge on any atom is -0.467 e. The molecule has 1 aromatic carbocycles. The second-order valence-electron chi connectivity index (χ2n) is 3.55. The predicted molar refractivity (Wildman–Crippen MR) is 70.2 cm³/mol. The molecule has 0 aliphatic heterocycles. The average molecular weight is 296 g/mol. The number of nitrogens with zero attached hydrogens (tertiary/aromatic N) is 3. The fourth-order valence-electron chi connectivity index (χ4n) is 1.34. The van der Waals surface area contributed by atoms with Gasteiger partial charge in [-0.1, -0.05) is 18.2 Å². The molecule has 0 atom stereocenters. The molecule has 106 valence electrons. The second-order valence-corrected chi connectivity index (χ2v) is 5.23. The van der Waals surface area contributed by atoms with Crippen molar-refractivity contribution in [1.82, 2.24) is 15.0 Å². The maximum absolute atomic E-state index is 12.1. The van der Waals surface area contributed by atoms with Crippen LogP contribution in [-0.2, 0) is 10.0 Å². The highest BCUT2D eigenvalue weighted by Crippen LogP contribution is 2.16. The van der Waals surface area contributed by atoms with Crippen LogP contribution in [0, 0.1) is 0 Å². The summed E-state index contributed by atoms with van der Waals surface area (Å²) in [7, 11) is -1.07. The first-order chi connectivity index (χ1) is 9.55. The molecule has 0 saturated carbocycles. The van der Waals surface area contributed by atoms with E-state index in [0.717, 1.165) is 0 Å². The Morgan fingerprint density at radius 2 is 1.50 bits per heavy atom. The molecule has 0 saturated heterocycles. The first kappa shape index (κ1) is 14.0. The zero-order chi connectivity index (χ0) is 14.6. The Hall–Kier alpha value is -2.42. The Morgan fingerprint density at radius 1 is 0.950 bits per heavy atom. The van der Waals surface area contributed by atoms with Crippen LogP contribution in [0.1, 0.15) is 0 Å². The van der Waals surface area contributed by atoms with Crippen molar-refractivity contribution in [2.24, 2.45) is 0 Å². The molecule has 0 amide bonds. The molecule has 20 heavy (non-hydrogen) atoms. The van der Waals surface area contributed by atoms with E-state index in [-0.39, 0.29) is 22.9 Å². The molecule has 1 heterocycles. The van der Waals surface area contributed by atoms with Crippen molar-refractivity contribution < 1.29 is 17.9 Å². The van der Waals surface area contributed by atoms with Gasteiger partial charge in [-0.2, -0.15) is 9.97 Å². The molecule has 2 aromatic rings. The van der Waals surface area contributed by atoms with Crippen LogP contribution in [0.4, 0.5) is 5.95 Å². The zero-order valence-corrected chi connectivity index (χ0v) is 11.6. The Morgan fingerprint density at radius 3 is 2.00 bits per heavy atom. The van der Waals surface area contributed by atoms with Crippen molar-refractivity contribution in [2.45, 2.75) is 4.90 Å². The maximum Gasteiger partial charge on any atom is 0.324 e. The SMILES string of the molecule is COc1nc(NS(=O)(=O)c2ccccc2)nc(OC)n1. The van der Waals surface area contributed by atoms with E-state index in [1.807, 2.05) is 0 Å². The van der Waals surface area contributed by atoms with Gasteiger partial charge in [0.25, 0.3) is 10.0 Å². The van der Waals surface area contributed by atoms with Gasteiger partial charge in [0.05, 0.1) is 19.1 Å². The van der Waals surface area contributed by atoms with Crippen LogP contribution >= 0.6 is 0 Å². The molecule has 0 radical (unpaired) electrons. The first-order valence-corrected chi connectivity index (χ1v) is 6.95. The number of aromatic nitrogens is 3. The van der Waals surface area contributed by atoms with Crippen molar-refractivity contribution in [3.63, 3.8) is 0 Å². The van der Waals surface area contributed by atoms with Gasteiger partial charge in [0.2, 0.25) is 5.95 Å². The first-order valence-electron chi connectivity index (χ1n) is 5.47. The third kappa shape index (κ3) is 3.12. The highest BCUT2D eigenvalue weighted by Gasteiger charge is 2.17. The fourth-order valence-corrected chi connectivity index (χ4v) is 2.31. The van der Waals surface area contributed by atoms with E-state index < -0.39 is 10.0 Å². The van der Waals surface area contributed by atoms with Gasteiger partial charge in [-0.05, 0) is 12.1 Å². The van der Waals surface area contributed by atoms with Gasteiger partial charge < -0.3 is 9.47 Å². The molecule has 0 spiro atoms. The fraction of sp³-hybridized carbons (Fsp3) is 0.182. The summed E-state index contributed by atoms with van der Waals surface area (Å²) in [4.78, 5) is 11.5. The van der Waals surface area contributed by atoms with Gasteiger partial charge in [-0.15, -0.1) is 4.98 Å². The molecule has 0 bridgehead atoms. The van der Waals surface area contributed by atoms with Crippen LogP contribution in [-0.4, -0.2) is 37.6 Å². The summed E-state index contributed by atoms with van der Waals surface area (Å²) in [6.07, 6.45) is 0. The Bertz CT molecular complexity index is 669. The highest BCUT2D eigenvalue weighted by molar-refractivity contribution is 7.92. The summed E-state index contributed by atoms with van der Waals surface area (Å²) in [5.74, 6) is -0.183. The third-order valence-corrected chi connectivity index (χ3v) is 3.58. The Labute approximate surface area is 115 Å². The molecule has 0 unspecified atom stereocenters. The smallest absolute Gasteiger partial charge is 0.324 e. The van der Waals surface area contributed by atoms with E-state index in [0.29, 0.717) is 0 Å². The number of benzene rings is 1. The van der Waals surface area contributed by atoms with Crippen molar-refractivity contribution in [3.8, 4) is 12.0 Å². The number of hydrogen-bond acceptors (Lipinski definition) is 7. The van der Waals surface area contributed by atoms with Gasteiger partial charge in [-0.3, -0.25) is 0 Å². The summed E-state index contributed by atoms with van der Waals surface area (Å²) in [5, 5.41) is 0. The van der Waals surface area contributed by atoms with Crippen LogP contribution < -0.4 is 14.2 Å². The quantitative estimate of drug-likeness (QED) is 0.865. The van der Waals surface area contributed by atoms with Crippen LogP contribution in [0.3, 0.4) is 0 Å². The van der Waals surface area contributed by atoms with Gasteiger partial charge in [-0.25, -0.2) is 13.1 Å². The van der Waals surface area contributed by atoms with Crippen LogP contribution in [0.25, 0.3) is 0 Å². The number of sulfonamides is 1. The van der Waals surface area contributed by atoms with Crippen molar-refractivity contribution in [1.29, 1.82) is 0 Å². The largest absolute Gasteiger partial charge is 0.467 e. The monoisotopic (exact) mass is 296 g/mol. The molecule has 0 aliphatic rings. The topological polar surface area (TPSA) is 103 Å². The second kappa shape index (κ2) is 5.70. The maximum atomic E-state index is 12.1. The molecule has 0 aliphatic carbocycles. The molecule has 1 aromatic heterocycles. The minimum atomic E-state index is -3.78. The summed E-state index contributed by atoms with van der Waals surface area (Å²) in [6, 6.07) is 7.75. The standard InChI is InChI=1S/C11H12N4O4S/c1-18-10-12-9(13-11(14-10)19-2)15-20(16,17)8-6-4-3-5-7-8/h3-7H,1-2H3,(H,12,13,14,15). The van der Waals surface area contributed by atoms with Gasteiger partial charge in [0.1, 0.15) is 0 Å². The predicted octanol–water partition coefficient (Wildman–Crippen LogP) is 0.690. The van der Waals surface area contributed by atoms with Crippen molar-refractivity contribution in [2.75, 3.05) is 18.9 Å². The number of nitrogens with one attached hydrogen (secondary N) is 1. The number of anilines is 1. The minimum absolute atomic E-state index is 0.0531. The lowest BCUT2D eigenvalue weighted by Gasteiger charge is -2.08. The van der Waals surface area contributed by atoms with E-state index in [2.05, 4.69) is 19.7 Å². The molecular formula is C11H12N4O4S. The molecule has 9 heteroatoms. The van der Waals surface area contributed by atoms with E-state index in [9.17, 15) is 8.42 Å². The lowest BCUT2D eigenvalue weighted by atomic mass is 10.4. The lowest BCUT2D eigenvalue weighted by Crippen LogP contribution is -2.16. The van der Waals surface area contributed by atoms with Crippen molar-refractivity contribution in [3.05, 3.63) is 30.3 Å². The lowest BCUT2D eigenvalue weighted by molar-refractivity contribution is 0.341. The number of ether oxygens (including phenoxy) is 2. The zero-order valence-electron chi connectivity index (χ0n) is 10.8. The number of rotatable bonds is 5. The van der Waals surface area contributed by atoms with Crippen LogP contribution in [0.15, 0.2) is 35.2 Å². The summed E-state index contributed by atoms with van der Waals surface area (Å²) in [5.41, 5.74) is 0. The van der Waals surface area contributed by atoms with Crippen LogP contribution in [0.5, 0.6) is 12.0 Å². The van der Waals surface area contributed by atoms with Gasteiger partial charge in [0.15, 0.2) is 0 Å². The molecular weight excluding hydrogens is 284 g/mol. The van der Waals surface area contributed by atoms with Crippen molar-refractivity contribution >= 4 is 16.0 Å². The molecule has 0 fully saturated rings. The normalized spacial score (nSPS) is 10.9. The third-order valence-electron chi connectivity index (χ3n) is 2.24. The Kier molecular flexibility index (Phi) is 3.99. The summed E-state index contributed by atoms with van der Waals surface area (Å²) in [6.45, 7) is 0.